The number of benzene rings is 4. The maximum atomic E-state index is 14.6. The quantitative estimate of drug-likeness (QED) is 0.192. The Kier molecular flexibility index (Phi) is 11.4. The van der Waals surface area contributed by atoms with E-state index < -0.39 is 28.5 Å². The van der Waals surface area contributed by atoms with Gasteiger partial charge in [-0.1, -0.05) is 97.4 Å². The zero-order valence-corrected chi connectivity index (χ0v) is 27.0. The summed E-state index contributed by atoms with van der Waals surface area (Å²) in [7, 11) is -2.77. The molecule has 1 N–H and O–H groups in total. The van der Waals surface area contributed by atoms with Gasteiger partial charge in [0, 0.05) is 19.0 Å². The first-order valence-corrected chi connectivity index (χ1v) is 16.5. The second-order valence-electron chi connectivity index (χ2n) is 11.0. The predicted molar refractivity (Wildman–Crippen MR) is 178 cm³/mol. The molecule has 0 aromatic heterocycles. The first kappa shape index (κ1) is 33.3. The number of para-hydroxylation sites is 2. The molecule has 0 aliphatic carbocycles. The first-order valence-electron chi connectivity index (χ1n) is 15.0. The molecule has 9 heteroatoms. The van der Waals surface area contributed by atoms with E-state index in [0.717, 1.165) is 21.0 Å². The number of nitrogens with one attached hydrogen (secondary N) is 1. The number of carbonyl (C=O) groups is 2. The van der Waals surface area contributed by atoms with Crippen molar-refractivity contribution in [1.82, 2.24) is 10.2 Å². The first-order chi connectivity index (χ1) is 21.6. The van der Waals surface area contributed by atoms with Crippen LogP contribution in [0, 0.1) is 6.92 Å². The van der Waals surface area contributed by atoms with E-state index >= 15 is 0 Å². The fraction of sp³-hybridized carbons (Fsp3) is 0.278. The van der Waals surface area contributed by atoms with Crippen LogP contribution < -0.4 is 14.4 Å². The Labute approximate surface area is 266 Å². The highest BCUT2D eigenvalue weighted by molar-refractivity contribution is 7.92. The molecule has 236 valence electrons. The Morgan fingerprint density at radius 3 is 2.11 bits per heavy atom. The Morgan fingerprint density at radius 1 is 0.844 bits per heavy atom. The molecule has 2 amide bonds. The maximum absolute atomic E-state index is 14.6. The van der Waals surface area contributed by atoms with Crippen LogP contribution in [0.2, 0.25) is 0 Å². The number of hydrogen-bond donors (Lipinski definition) is 1. The lowest BCUT2D eigenvalue weighted by molar-refractivity contribution is -0.140. The van der Waals surface area contributed by atoms with Crippen molar-refractivity contribution < 1.29 is 22.7 Å². The lowest BCUT2D eigenvalue weighted by Gasteiger charge is -2.34. The average Bonchev–Trinajstić information content (AvgIpc) is 3.05. The summed E-state index contributed by atoms with van der Waals surface area (Å²) in [5.41, 5.74) is 2.93. The van der Waals surface area contributed by atoms with Crippen molar-refractivity contribution in [2.24, 2.45) is 0 Å². The Balaban J connectivity index is 1.83. The van der Waals surface area contributed by atoms with Crippen LogP contribution in [-0.4, -0.2) is 50.9 Å². The Morgan fingerprint density at radius 2 is 1.47 bits per heavy atom. The standard InChI is InChI=1S/C36H41N3O5S/c1-5-28(3)37-36(41)33(24-29-16-8-6-9-17-29)38(25-30-18-14-15-27(2)23-30)35(40)26-39(32-21-12-13-22-34(32)44-4)45(42,43)31-19-10-7-11-20-31/h6-23,28,33H,5,24-26H2,1-4H3,(H,37,41)/t28-,33+/m1/s1. The number of methoxy groups -OCH3 is 1. The molecule has 0 aliphatic rings. The minimum absolute atomic E-state index is 0.0317. The minimum atomic E-state index is -4.22. The third-order valence-electron chi connectivity index (χ3n) is 7.67. The molecule has 0 spiro atoms. The van der Waals surface area contributed by atoms with Crippen LogP contribution in [0.25, 0.3) is 0 Å². The second kappa shape index (κ2) is 15.4. The van der Waals surface area contributed by atoms with Gasteiger partial charge in [0.2, 0.25) is 11.8 Å². The van der Waals surface area contributed by atoms with Crippen LogP contribution in [0.1, 0.15) is 37.0 Å². The van der Waals surface area contributed by atoms with Crippen molar-refractivity contribution in [3.63, 3.8) is 0 Å². The van der Waals surface area contributed by atoms with Gasteiger partial charge in [-0.2, -0.15) is 0 Å². The van der Waals surface area contributed by atoms with Crippen LogP contribution in [0.4, 0.5) is 5.69 Å². The van der Waals surface area contributed by atoms with E-state index in [1.54, 1.807) is 42.5 Å². The van der Waals surface area contributed by atoms with Gasteiger partial charge in [-0.3, -0.25) is 13.9 Å². The van der Waals surface area contributed by atoms with E-state index in [-0.39, 0.29) is 35.5 Å². The summed E-state index contributed by atoms with van der Waals surface area (Å²) in [6, 6.07) is 30.9. The topological polar surface area (TPSA) is 96.0 Å². The van der Waals surface area contributed by atoms with Gasteiger partial charge in [0.05, 0.1) is 17.7 Å². The van der Waals surface area contributed by atoms with Crippen molar-refractivity contribution >= 4 is 27.5 Å². The highest BCUT2D eigenvalue weighted by atomic mass is 32.2. The zero-order chi connectivity index (χ0) is 32.4. The third-order valence-corrected chi connectivity index (χ3v) is 9.45. The highest BCUT2D eigenvalue weighted by Crippen LogP contribution is 2.32. The largest absolute Gasteiger partial charge is 0.495 e. The molecule has 0 radical (unpaired) electrons. The molecule has 45 heavy (non-hydrogen) atoms. The average molecular weight is 628 g/mol. The van der Waals surface area contributed by atoms with Crippen LogP contribution >= 0.6 is 0 Å². The van der Waals surface area contributed by atoms with Gasteiger partial charge in [-0.15, -0.1) is 0 Å². The number of nitrogens with zero attached hydrogens (tertiary/aromatic N) is 2. The molecular weight excluding hydrogens is 586 g/mol. The zero-order valence-electron chi connectivity index (χ0n) is 26.2. The molecule has 4 aromatic carbocycles. The van der Waals surface area contributed by atoms with Gasteiger partial charge in [-0.25, -0.2) is 8.42 Å². The third kappa shape index (κ3) is 8.51. The summed E-state index contributed by atoms with van der Waals surface area (Å²) in [5.74, 6) is -0.531. The molecule has 0 heterocycles. The van der Waals surface area contributed by atoms with Crippen LogP contribution in [0.5, 0.6) is 5.75 Å². The van der Waals surface area contributed by atoms with Gasteiger partial charge in [0.1, 0.15) is 18.3 Å². The molecule has 2 atom stereocenters. The normalized spacial score (nSPS) is 12.5. The maximum Gasteiger partial charge on any atom is 0.264 e. The molecule has 4 rings (SSSR count). The highest BCUT2D eigenvalue weighted by Gasteiger charge is 2.35. The summed E-state index contributed by atoms with van der Waals surface area (Å²) < 4.78 is 34.9. The number of ether oxygens (including phenoxy) is 1. The molecular formula is C36H41N3O5S. The van der Waals surface area contributed by atoms with E-state index in [0.29, 0.717) is 12.2 Å². The molecule has 8 nitrogen and oxygen atoms in total. The van der Waals surface area contributed by atoms with Gasteiger partial charge >= 0.3 is 0 Å². The lowest BCUT2D eigenvalue weighted by Crippen LogP contribution is -2.54. The lowest BCUT2D eigenvalue weighted by atomic mass is 10.0. The van der Waals surface area contributed by atoms with Crippen molar-refractivity contribution in [2.75, 3.05) is 18.0 Å². The monoisotopic (exact) mass is 627 g/mol. The van der Waals surface area contributed by atoms with Crippen molar-refractivity contribution in [3.8, 4) is 5.75 Å². The fourth-order valence-corrected chi connectivity index (χ4v) is 6.52. The van der Waals surface area contributed by atoms with Gasteiger partial charge in [0.15, 0.2) is 0 Å². The molecule has 4 aromatic rings. The summed E-state index contributed by atoms with van der Waals surface area (Å²) in [6.07, 6.45) is 0.966. The van der Waals surface area contributed by atoms with E-state index in [4.69, 9.17) is 4.74 Å². The molecule has 0 bridgehead atoms. The summed E-state index contributed by atoms with van der Waals surface area (Å²) >= 11 is 0. The number of carbonyl (C=O) groups excluding carboxylic acids is 2. The molecule has 0 unspecified atom stereocenters. The van der Waals surface area contributed by atoms with Crippen molar-refractivity contribution in [3.05, 3.63) is 126 Å². The summed E-state index contributed by atoms with van der Waals surface area (Å²) in [5, 5.41) is 3.06. The van der Waals surface area contributed by atoms with E-state index in [9.17, 15) is 18.0 Å². The SMILES string of the molecule is CC[C@@H](C)NC(=O)[C@H](Cc1ccccc1)N(Cc1cccc(C)c1)C(=O)CN(c1ccccc1OC)S(=O)(=O)c1ccccc1. The molecule has 0 saturated carbocycles. The molecule has 0 saturated heterocycles. The van der Waals surface area contributed by atoms with Crippen LogP contribution in [-0.2, 0) is 32.6 Å². The molecule has 0 aliphatic heterocycles. The van der Waals surface area contributed by atoms with E-state index in [1.807, 2.05) is 75.4 Å². The number of sulfonamides is 1. The Hall–Kier alpha value is -4.63. The van der Waals surface area contributed by atoms with Gasteiger partial charge < -0.3 is 15.0 Å². The van der Waals surface area contributed by atoms with Crippen LogP contribution in [0.15, 0.2) is 114 Å². The summed E-state index contributed by atoms with van der Waals surface area (Å²) in [6.45, 7) is 5.41. The predicted octanol–water partition coefficient (Wildman–Crippen LogP) is 5.75. The van der Waals surface area contributed by atoms with Gasteiger partial charge in [0.25, 0.3) is 10.0 Å². The summed E-state index contributed by atoms with van der Waals surface area (Å²) in [4.78, 5) is 30.1. The van der Waals surface area contributed by atoms with Crippen LogP contribution in [0.3, 0.4) is 0 Å². The molecule has 0 fully saturated rings. The van der Waals surface area contributed by atoms with Crippen molar-refractivity contribution in [2.45, 2.75) is 57.1 Å². The smallest absolute Gasteiger partial charge is 0.264 e. The van der Waals surface area contributed by atoms with E-state index in [2.05, 4.69) is 5.32 Å². The number of anilines is 1. The van der Waals surface area contributed by atoms with E-state index in [1.165, 1.54) is 24.1 Å². The fourth-order valence-electron chi connectivity index (χ4n) is 5.07. The second-order valence-corrected chi connectivity index (χ2v) is 12.9. The van der Waals surface area contributed by atoms with Gasteiger partial charge in [-0.05, 0) is 55.7 Å². The Bertz CT molecular complexity index is 1680. The number of rotatable bonds is 14. The van der Waals surface area contributed by atoms with Crippen molar-refractivity contribution in [1.29, 1.82) is 0 Å². The minimum Gasteiger partial charge on any atom is -0.495 e. The number of aryl methyl sites for hydroxylation is 1. The number of hydrogen-bond acceptors (Lipinski definition) is 5. The number of amides is 2.